The Hall–Kier alpha value is -0.930. The van der Waals surface area contributed by atoms with Crippen LogP contribution in [0.5, 0.6) is 0 Å². The van der Waals surface area contributed by atoms with Gasteiger partial charge < -0.3 is 20.1 Å². The monoisotopic (exact) mass is 462 g/mol. The number of hydrogen-bond acceptors (Lipinski definition) is 4. The highest BCUT2D eigenvalue weighted by Gasteiger charge is 2.15. The molecule has 1 aromatic rings. The highest BCUT2D eigenvalue weighted by molar-refractivity contribution is 14.0. The van der Waals surface area contributed by atoms with Crippen molar-refractivity contribution in [3.05, 3.63) is 29.6 Å². The molecular formula is C18H31IN4O2. The molecule has 142 valence electrons. The van der Waals surface area contributed by atoms with E-state index in [4.69, 9.17) is 9.47 Å². The molecule has 2 heterocycles. The molecule has 1 aliphatic heterocycles. The fourth-order valence-corrected chi connectivity index (χ4v) is 2.54. The van der Waals surface area contributed by atoms with E-state index in [1.165, 1.54) is 5.56 Å². The highest BCUT2D eigenvalue weighted by Crippen LogP contribution is 2.12. The van der Waals surface area contributed by atoms with E-state index < -0.39 is 0 Å². The van der Waals surface area contributed by atoms with Crippen LogP contribution in [0.2, 0.25) is 0 Å². The molecule has 1 aromatic heterocycles. The number of aryl methyl sites for hydroxylation is 1. The van der Waals surface area contributed by atoms with Crippen LogP contribution < -0.4 is 10.6 Å². The molecule has 0 amide bonds. The maximum Gasteiger partial charge on any atom is 0.190 e. The van der Waals surface area contributed by atoms with Gasteiger partial charge in [-0.15, -0.1) is 24.0 Å². The number of halogens is 1. The van der Waals surface area contributed by atoms with Gasteiger partial charge in [-0.3, -0.25) is 9.98 Å². The Bertz CT molecular complexity index is 490. The van der Waals surface area contributed by atoms with Gasteiger partial charge in [-0.1, -0.05) is 6.07 Å². The van der Waals surface area contributed by atoms with Gasteiger partial charge in [-0.25, -0.2) is 0 Å². The lowest BCUT2D eigenvalue weighted by molar-refractivity contribution is 0.0888. The lowest BCUT2D eigenvalue weighted by atomic mass is 10.1. The Morgan fingerprint density at radius 1 is 1.36 bits per heavy atom. The third-order valence-corrected chi connectivity index (χ3v) is 4.04. The van der Waals surface area contributed by atoms with E-state index >= 15 is 0 Å². The summed E-state index contributed by atoms with van der Waals surface area (Å²) in [6.07, 6.45) is 4.96. The molecule has 0 saturated carbocycles. The largest absolute Gasteiger partial charge is 0.381 e. The molecule has 0 bridgehead atoms. The van der Waals surface area contributed by atoms with Gasteiger partial charge in [-0.05, 0) is 37.8 Å². The van der Waals surface area contributed by atoms with E-state index in [0.29, 0.717) is 5.92 Å². The zero-order valence-electron chi connectivity index (χ0n) is 15.3. The minimum Gasteiger partial charge on any atom is -0.381 e. The van der Waals surface area contributed by atoms with Crippen LogP contribution in [0, 0.1) is 12.8 Å². The molecule has 1 fully saturated rings. The topological polar surface area (TPSA) is 67.8 Å². The molecular weight excluding hydrogens is 431 g/mol. The van der Waals surface area contributed by atoms with Gasteiger partial charge in [0.1, 0.15) is 0 Å². The summed E-state index contributed by atoms with van der Waals surface area (Å²) in [7, 11) is 1.79. The van der Waals surface area contributed by atoms with Gasteiger partial charge in [0, 0.05) is 51.2 Å². The van der Waals surface area contributed by atoms with Crippen molar-refractivity contribution in [1.29, 1.82) is 0 Å². The summed E-state index contributed by atoms with van der Waals surface area (Å²) in [6.45, 7) is 7.02. The summed E-state index contributed by atoms with van der Waals surface area (Å²) in [4.78, 5) is 8.54. The predicted octanol–water partition coefficient (Wildman–Crippen LogP) is 2.16. The number of aromatic nitrogens is 1. The average Bonchev–Trinajstić information content (AvgIpc) is 3.11. The standard InChI is InChI=1S/C18H30N4O2.HI/c1-15-4-5-16(12-22-15)6-9-21-18(19-2)20-8-3-10-23-13-17-7-11-24-14-17;/h4-5,12,17H,3,6-11,13-14H2,1-2H3,(H2,19,20,21);1H. The summed E-state index contributed by atoms with van der Waals surface area (Å²) in [6, 6.07) is 4.16. The Morgan fingerprint density at radius 2 is 2.20 bits per heavy atom. The first-order chi connectivity index (χ1) is 11.8. The van der Waals surface area contributed by atoms with Crippen LogP contribution in [-0.2, 0) is 15.9 Å². The SMILES string of the molecule is CN=C(NCCCOCC1CCOC1)NCCc1ccc(C)nc1.I. The summed E-state index contributed by atoms with van der Waals surface area (Å²) >= 11 is 0. The number of aliphatic imine (C=N–C) groups is 1. The second-order valence-corrected chi connectivity index (χ2v) is 6.14. The molecule has 7 heteroatoms. The maximum atomic E-state index is 5.69. The normalized spacial score (nSPS) is 17.2. The predicted molar refractivity (Wildman–Crippen MR) is 112 cm³/mol. The van der Waals surface area contributed by atoms with Crippen molar-refractivity contribution in [2.45, 2.75) is 26.2 Å². The molecule has 0 aliphatic carbocycles. The van der Waals surface area contributed by atoms with Gasteiger partial charge >= 0.3 is 0 Å². The molecule has 1 saturated heterocycles. The second kappa shape index (κ2) is 13.3. The number of nitrogens with one attached hydrogen (secondary N) is 2. The van der Waals surface area contributed by atoms with Gasteiger partial charge in [0.05, 0.1) is 13.2 Å². The Kier molecular flexibility index (Phi) is 11.8. The lowest BCUT2D eigenvalue weighted by Gasteiger charge is -2.12. The van der Waals surface area contributed by atoms with Gasteiger partial charge in [0.25, 0.3) is 0 Å². The molecule has 0 spiro atoms. The van der Waals surface area contributed by atoms with Crippen LogP contribution in [0.15, 0.2) is 23.3 Å². The van der Waals surface area contributed by atoms with Crippen LogP contribution in [0.4, 0.5) is 0 Å². The number of nitrogens with zero attached hydrogens (tertiary/aromatic N) is 2. The van der Waals surface area contributed by atoms with Gasteiger partial charge in [0.15, 0.2) is 5.96 Å². The number of rotatable bonds is 9. The van der Waals surface area contributed by atoms with E-state index in [1.54, 1.807) is 7.05 Å². The van der Waals surface area contributed by atoms with Crippen LogP contribution in [0.1, 0.15) is 24.1 Å². The molecule has 0 radical (unpaired) electrons. The third kappa shape index (κ3) is 9.37. The fourth-order valence-electron chi connectivity index (χ4n) is 2.54. The summed E-state index contributed by atoms with van der Waals surface area (Å²) in [5.74, 6) is 1.42. The van der Waals surface area contributed by atoms with E-state index in [2.05, 4.69) is 26.7 Å². The first kappa shape index (κ1) is 22.1. The molecule has 1 aliphatic rings. The fraction of sp³-hybridized carbons (Fsp3) is 0.667. The van der Waals surface area contributed by atoms with E-state index in [1.807, 2.05) is 19.2 Å². The first-order valence-corrected chi connectivity index (χ1v) is 8.79. The first-order valence-electron chi connectivity index (χ1n) is 8.79. The molecule has 2 rings (SSSR count). The Morgan fingerprint density at radius 3 is 2.88 bits per heavy atom. The summed E-state index contributed by atoms with van der Waals surface area (Å²) < 4.78 is 11.0. The van der Waals surface area contributed by atoms with Gasteiger partial charge in [0.2, 0.25) is 0 Å². The molecule has 1 unspecified atom stereocenters. The van der Waals surface area contributed by atoms with Crippen LogP contribution in [0.25, 0.3) is 0 Å². The molecule has 0 aromatic carbocycles. The van der Waals surface area contributed by atoms with E-state index in [-0.39, 0.29) is 24.0 Å². The number of hydrogen-bond donors (Lipinski definition) is 2. The summed E-state index contributed by atoms with van der Waals surface area (Å²) in [5.41, 5.74) is 2.28. The highest BCUT2D eigenvalue weighted by atomic mass is 127. The summed E-state index contributed by atoms with van der Waals surface area (Å²) in [5, 5.41) is 6.63. The quantitative estimate of drug-likeness (QED) is 0.255. The minimum absolute atomic E-state index is 0. The zero-order valence-corrected chi connectivity index (χ0v) is 17.6. The Balaban J connectivity index is 0.00000312. The molecule has 2 N–H and O–H groups in total. The van der Waals surface area contributed by atoms with Gasteiger partial charge in [-0.2, -0.15) is 0 Å². The van der Waals surface area contributed by atoms with Crippen LogP contribution >= 0.6 is 24.0 Å². The zero-order chi connectivity index (χ0) is 17.0. The van der Waals surface area contributed by atoms with Crippen molar-refractivity contribution in [2.24, 2.45) is 10.9 Å². The lowest BCUT2D eigenvalue weighted by Crippen LogP contribution is -2.39. The Labute approximate surface area is 168 Å². The molecule has 25 heavy (non-hydrogen) atoms. The smallest absolute Gasteiger partial charge is 0.190 e. The van der Waals surface area contributed by atoms with E-state index in [9.17, 15) is 0 Å². The molecule has 6 nitrogen and oxygen atoms in total. The van der Waals surface area contributed by atoms with Crippen molar-refractivity contribution in [3.8, 4) is 0 Å². The minimum atomic E-state index is 0. The van der Waals surface area contributed by atoms with Crippen molar-refractivity contribution >= 4 is 29.9 Å². The number of pyridine rings is 1. The van der Waals surface area contributed by atoms with Crippen molar-refractivity contribution in [2.75, 3.05) is 46.6 Å². The van der Waals surface area contributed by atoms with Crippen LogP contribution in [0.3, 0.4) is 0 Å². The number of guanidine groups is 1. The van der Waals surface area contributed by atoms with Crippen molar-refractivity contribution in [1.82, 2.24) is 15.6 Å². The van der Waals surface area contributed by atoms with Crippen molar-refractivity contribution < 1.29 is 9.47 Å². The molecule has 1 atom stereocenters. The number of ether oxygens (including phenoxy) is 2. The van der Waals surface area contributed by atoms with Crippen molar-refractivity contribution in [3.63, 3.8) is 0 Å². The van der Waals surface area contributed by atoms with Crippen LogP contribution in [-0.4, -0.2) is 57.5 Å². The second-order valence-electron chi connectivity index (χ2n) is 6.14. The van der Waals surface area contributed by atoms with E-state index in [0.717, 1.165) is 70.4 Å². The third-order valence-electron chi connectivity index (χ3n) is 4.04. The average molecular weight is 462 g/mol. The maximum absolute atomic E-state index is 5.69.